The summed E-state index contributed by atoms with van der Waals surface area (Å²) in [6.45, 7) is 0.343. The van der Waals surface area contributed by atoms with Gasteiger partial charge in [-0.05, 0) is 29.6 Å². The van der Waals surface area contributed by atoms with Crippen LogP contribution < -0.4 is 5.56 Å². The SMILES string of the molecule is COC(Cn1cnc2ccc(F)cc2c1=O)c1cccs1. The molecule has 3 rings (SSSR count). The summed E-state index contributed by atoms with van der Waals surface area (Å²) < 4.78 is 20.2. The largest absolute Gasteiger partial charge is 0.374 e. The van der Waals surface area contributed by atoms with Gasteiger partial charge in [-0.15, -0.1) is 11.3 Å². The smallest absolute Gasteiger partial charge is 0.261 e. The highest BCUT2D eigenvalue weighted by atomic mass is 32.1. The standard InChI is InChI=1S/C15H13FN2O2S/c1-20-13(14-3-2-6-21-14)8-18-9-17-12-5-4-10(16)7-11(12)15(18)19/h2-7,9,13H,8H2,1H3. The number of rotatable bonds is 4. The summed E-state index contributed by atoms with van der Waals surface area (Å²) in [6, 6.07) is 7.90. The number of hydrogen-bond donors (Lipinski definition) is 0. The Morgan fingerprint density at radius 2 is 2.29 bits per heavy atom. The third-order valence-electron chi connectivity index (χ3n) is 3.29. The van der Waals surface area contributed by atoms with Crippen molar-refractivity contribution in [2.24, 2.45) is 0 Å². The summed E-state index contributed by atoms with van der Waals surface area (Å²) in [7, 11) is 1.60. The van der Waals surface area contributed by atoms with Crippen molar-refractivity contribution in [3.63, 3.8) is 0 Å². The first-order valence-electron chi connectivity index (χ1n) is 6.40. The Balaban J connectivity index is 2.01. The number of benzene rings is 1. The van der Waals surface area contributed by atoms with Crippen LogP contribution in [0.5, 0.6) is 0 Å². The number of methoxy groups -OCH3 is 1. The molecule has 0 saturated carbocycles. The summed E-state index contributed by atoms with van der Waals surface area (Å²) in [5, 5.41) is 2.23. The summed E-state index contributed by atoms with van der Waals surface area (Å²) in [5.74, 6) is -0.444. The van der Waals surface area contributed by atoms with Gasteiger partial charge in [-0.25, -0.2) is 9.37 Å². The number of ether oxygens (including phenoxy) is 1. The van der Waals surface area contributed by atoms with Crippen LogP contribution in [0.2, 0.25) is 0 Å². The van der Waals surface area contributed by atoms with Crippen molar-refractivity contribution in [2.75, 3.05) is 7.11 Å². The Morgan fingerprint density at radius 3 is 3.00 bits per heavy atom. The van der Waals surface area contributed by atoms with E-state index in [2.05, 4.69) is 4.98 Å². The summed E-state index contributed by atoms with van der Waals surface area (Å²) in [4.78, 5) is 17.6. The molecule has 0 fully saturated rings. The first-order chi connectivity index (χ1) is 10.2. The van der Waals surface area contributed by atoms with Crippen molar-refractivity contribution in [3.05, 3.63) is 63.1 Å². The summed E-state index contributed by atoms with van der Waals surface area (Å²) in [6.07, 6.45) is 1.25. The quantitative estimate of drug-likeness (QED) is 0.744. The van der Waals surface area contributed by atoms with E-state index in [1.807, 2.05) is 17.5 Å². The predicted octanol–water partition coefficient (Wildman–Crippen LogP) is 2.98. The fourth-order valence-electron chi connectivity index (χ4n) is 2.20. The van der Waals surface area contributed by atoms with Crippen molar-refractivity contribution in [1.82, 2.24) is 9.55 Å². The molecule has 4 nitrogen and oxygen atoms in total. The van der Waals surface area contributed by atoms with Gasteiger partial charge >= 0.3 is 0 Å². The molecule has 108 valence electrons. The minimum absolute atomic E-state index is 0.226. The van der Waals surface area contributed by atoms with Gasteiger partial charge in [-0.3, -0.25) is 9.36 Å². The van der Waals surface area contributed by atoms with Crippen molar-refractivity contribution in [1.29, 1.82) is 0 Å². The fraction of sp³-hybridized carbons (Fsp3) is 0.200. The number of fused-ring (bicyclic) bond motifs is 1. The maximum Gasteiger partial charge on any atom is 0.261 e. The third kappa shape index (κ3) is 2.72. The van der Waals surface area contributed by atoms with Crippen LogP contribution >= 0.6 is 11.3 Å². The first-order valence-corrected chi connectivity index (χ1v) is 7.28. The Morgan fingerprint density at radius 1 is 1.43 bits per heavy atom. The molecule has 0 N–H and O–H groups in total. The van der Waals surface area contributed by atoms with Crippen LogP contribution in [0.1, 0.15) is 11.0 Å². The molecule has 0 aliphatic carbocycles. The molecule has 1 unspecified atom stereocenters. The number of halogens is 1. The van der Waals surface area contributed by atoms with Crippen LogP contribution in [0.15, 0.2) is 46.8 Å². The molecule has 0 radical (unpaired) electrons. The number of aromatic nitrogens is 2. The van der Waals surface area contributed by atoms with E-state index in [1.165, 1.54) is 29.1 Å². The average Bonchev–Trinajstić information content (AvgIpc) is 3.01. The van der Waals surface area contributed by atoms with Crippen molar-refractivity contribution in [3.8, 4) is 0 Å². The predicted molar refractivity (Wildman–Crippen MR) is 80.0 cm³/mol. The molecule has 3 aromatic rings. The first kappa shape index (κ1) is 13.9. The average molecular weight is 304 g/mol. The van der Waals surface area contributed by atoms with Crippen LogP contribution in [0.25, 0.3) is 10.9 Å². The topological polar surface area (TPSA) is 44.1 Å². The molecule has 2 heterocycles. The molecule has 0 aliphatic heterocycles. The zero-order chi connectivity index (χ0) is 14.8. The van der Waals surface area contributed by atoms with Gasteiger partial charge in [-0.2, -0.15) is 0 Å². The van der Waals surface area contributed by atoms with E-state index in [0.29, 0.717) is 12.1 Å². The van der Waals surface area contributed by atoms with E-state index in [0.717, 1.165) is 4.88 Å². The lowest BCUT2D eigenvalue weighted by molar-refractivity contribution is 0.0897. The number of hydrogen-bond acceptors (Lipinski definition) is 4. The highest BCUT2D eigenvalue weighted by molar-refractivity contribution is 7.10. The van der Waals surface area contributed by atoms with Crippen LogP contribution in [0.3, 0.4) is 0 Å². The lowest BCUT2D eigenvalue weighted by atomic mass is 10.2. The van der Waals surface area contributed by atoms with E-state index in [1.54, 1.807) is 18.4 Å². The van der Waals surface area contributed by atoms with Gasteiger partial charge in [-0.1, -0.05) is 6.07 Å². The maximum atomic E-state index is 13.3. The van der Waals surface area contributed by atoms with Crippen molar-refractivity contribution >= 4 is 22.2 Å². The second-order valence-corrected chi connectivity index (χ2v) is 5.58. The molecule has 0 bridgehead atoms. The molecule has 1 aromatic carbocycles. The van der Waals surface area contributed by atoms with Crippen molar-refractivity contribution < 1.29 is 9.13 Å². The van der Waals surface area contributed by atoms with Gasteiger partial charge in [0.2, 0.25) is 0 Å². The van der Waals surface area contributed by atoms with E-state index >= 15 is 0 Å². The fourth-order valence-corrected chi connectivity index (χ4v) is 2.99. The molecule has 2 aromatic heterocycles. The highest BCUT2D eigenvalue weighted by Gasteiger charge is 2.14. The van der Waals surface area contributed by atoms with E-state index < -0.39 is 5.82 Å². The normalized spacial score (nSPS) is 12.7. The van der Waals surface area contributed by atoms with E-state index in [-0.39, 0.29) is 17.0 Å². The molecule has 6 heteroatoms. The van der Waals surface area contributed by atoms with Gasteiger partial charge in [0.25, 0.3) is 5.56 Å². The monoisotopic (exact) mass is 304 g/mol. The lowest BCUT2D eigenvalue weighted by Gasteiger charge is -2.15. The zero-order valence-corrected chi connectivity index (χ0v) is 12.1. The second kappa shape index (κ2) is 5.75. The third-order valence-corrected chi connectivity index (χ3v) is 4.26. The molecular formula is C15H13FN2O2S. The Hall–Kier alpha value is -2.05. The van der Waals surface area contributed by atoms with Gasteiger partial charge < -0.3 is 4.74 Å². The molecule has 0 amide bonds. The molecule has 1 atom stereocenters. The van der Waals surface area contributed by atoms with Crippen LogP contribution in [0, 0.1) is 5.82 Å². The molecule has 0 aliphatic rings. The number of nitrogens with zero attached hydrogens (tertiary/aromatic N) is 2. The summed E-state index contributed by atoms with van der Waals surface area (Å²) >= 11 is 1.57. The van der Waals surface area contributed by atoms with Crippen molar-refractivity contribution in [2.45, 2.75) is 12.6 Å². The Kier molecular flexibility index (Phi) is 3.81. The summed E-state index contributed by atoms with van der Waals surface area (Å²) in [5.41, 5.74) is 0.223. The van der Waals surface area contributed by atoms with Crippen LogP contribution in [-0.2, 0) is 11.3 Å². The Labute approximate surface area is 124 Å². The zero-order valence-electron chi connectivity index (χ0n) is 11.3. The van der Waals surface area contributed by atoms with Gasteiger partial charge in [0.05, 0.1) is 23.8 Å². The minimum Gasteiger partial charge on any atom is -0.374 e. The maximum absolute atomic E-state index is 13.3. The van der Waals surface area contributed by atoms with E-state index in [9.17, 15) is 9.18 Å². The van der Waals surface area contributed by atoms with Crippen LogP contribution in [-0.4, -0.2) is 16.7 Å². The van der Waals surface area contributed by atoms with E-state index in [4.69, 9.17) is 4.74 Å². The molecular weight excluding hydrogens is 291 g/mol. The lowest BCUT2D eigenvalue weighted by Crippen LogP contribution is -2.24. The molecule has 21 heavy (non-hydrogen) atoms. The molecule has 0 saturated heterocycles. The van der Waals surface area contributed by atoms with Gasteiger partial charge in [0, 0.05) is 12.0 Å². The molecule has 0 spiro atoms. The Bertz CT molecular complexity index is 814. The van der Waals surface area contributed by atoms with Gasteiger partial charge in [0.1, 0.15) is 11.9 Å². The number of thiophene rings is 1. The highest BCUT2D eigenvalue weighted by Crippen LogP contribution is 2.23. The second-order valence-electron chi connectivity index (χ2n) is 4.60. The minimum atomic E-state index is -0.444. The van der Waals surface area contributed by atoms with Crippen LogP contribution in [0.4, 0.5) is 4.39 Å². The van der Waals surface area contributed by atoms with Gasteiger partial charge in [0.15, 0.2) is 0 Å².